The monoisotopic (exact) mass is 362 g/mol. The molecule has 1 aromatic carbocycles. The summed E-state index contributed by atoms with van der Waals surface area (Å²) in [7, 11) is 0. The lowest BCUT2D eigenvalue weighted by Gasteiger charge is -2.36. The van der Waals surface area contributed by atoms with Gasteiger partial charge in [-0.3, -0.25) is 14.6 Å². The molecule has 2 aliphatic heterocycles. The predicted octanol–water partition coefficient (Wildman–Crippen LogP) is 0.969. The van der Waals surface area contributed by atoms with Crippen molar-refractivity contribution < 1.29 is 4.79 Å². The molecule has 0 radical (unpaired) electrons. The molecule has 0 bridgehead atoms. The van der Waals surface area contributed by atoms with E-state index in [2.05, 4.69) is 31.8 Å². The Kier molecular flexibility index (Phi) is 7.60. The molecule has 1 N–H and O–H groups in total. The number of amides is 1. The van der Waals surface area contributed by atoms with Gasteiger partial charge in [-0.1, -0.05) is 30.3 Å². The number of benzene rings is 1. The van der Waals surface area contributed by atoms with Crippen LogP contribution >= 0.6 is 11.8 Å². The first-order valence-corrected chi connectivity index (χ1v) is 10.5. The Morgan fingerprint density at radius 2 is 1.48 bits per heavy atom. The second-order valence-corrected chi connectivity index (χ2v) is 8.06. The molecule has 138 valence electrons. The summed E-state index contributed by atoms with van der Waals surface area (Å²) < 4.78 is 0. The maximum atomic E-state index is 12.1. The van der Waals surface area contributed by atoms with Crippen LogP contribution in [-0.4, -0.2) is 91.0 Å². The van der Waals surface area contributed by atoms with E-state index in [0.29, 0.717) is 13.1 Å². The van der Waals surface area contributed by atoms with Gasteiger partial charge in [0.2, 0.25) is 5.91 Å². The van der Waals surface area contributed by atoms with Crippen molar-refractivity contribution in [3.8, 4) is 0 Å². The molecule has 2 heterocycles. The fraction of sp³-hybridized carbons (Fsp3) is 0.632. The highest BCUT2D eigenvalue weighted by Gasteiger charge is 2.19. The minimum atomic E-state index is 0.128. The summed E-state index contributed by atoms with van der Waals surface area (Å²) in [5, 5.41) is 3.02. The molecule has 0 unspecified atom stereocenters. The Bertz CT molecular complexity index is 513. The van der Waals surface area contributed by atoms with Gasteiger partial charge >= 0.3 is 0 Å². The highest BCUT2D eigenvalue weighted by Crippen LogP contribution is 2.09. The Morgan fingerprint density at radius 1 is 0.880 bits per heavy atom. The number of hydrogen-bond donors (Lipinski definition) is 1. The van der Waals surface area contributed by atoms with Crippen LogP contribution in [0, 0.1) is 0 Å². The molecule has 0 spiro atoms. The minimum Gasteiger partial charge on any atom is -0.351 e. The van der Waals surface area contributed by atoms with Crippen LogP contribution < -0.4 is 5.32 Å². The zero-order valence-electron chi connectivity index (χ0n) is 15.0. The van der Waals surface area contributed by atoms with Crippen molar-refractivity contribution in [2.75, 3.05) is 70.4 Å². The first-order chi connectivity index (χ1) is 12.3. The molecule has 2 fully saturated rings. The number of carbonyl (C=O) groups is 1. The molecule has 1 aromatic rings. The zero-order valence-corrected chi connectivity index (χ0v) is 15.8. The average Bonchev–Trinajstić information content (AvgIpc) is 2.67. The average molecular weight is 363 g/mol. The lowest BCUT2D eigenvalue weighted by molar-refractivity contribution is -0.122. The fourth-order valence-corrected chi connectivity index (χ4v) is 4.31. The summed E-state index contributed by atoms with van der Waals surface area (Å²) in [5.74, 6) is 2.70. The number of nitrogens with zero attached hydrogens (tertiary/aromatic N) is 3. The summed E-state index contributed by atoms with van der Waals surface area (Å²) in [4.78, 5) is 19.5. The van der Waals surface area contributed by atoms with Crippen molar-refractivity contribution >= 4 is 17.7 Å². The van der Waals surface area contributed by atoms with Crippen LogP contribution in [0.2, 0.25) is 0 Å². The van der Waals surface area contributed by atoms with E-state index in [1.54, 1.807) is 0 Å². The SMILES string of the molecule is O=C(CN1CCN(CCN2CCSCC2)CC1)NCc1ccccc1. The molecule has 25 heavy (non-hydrogen) atoms. The number of carbonyl (C=O) groups excluding carboxylic acids is 1. The number of thioether (sulfide) groups is 1. The summed E-state index contributed by atoms with van der Waals surface area (Å²) in [6.07, 6.45) is 0. The molecule has 0 aromatic heterocycles. The van der Waals surface area contributed by atoms with Gasteiger partial charge in [0.1, 0.15) is 0 Å². The molecule has 2 saturated heterocycles. The van der Waals surface area contributed by atoms with Gasteiger partial charge in [-0.25, -0.2) is 0 Å². The smallest absolute Gasteiger partial charge is 0.234 e. The summed E-state index contributed by atoms with van der Waals surface area (Å²) in [6.45, 7) is 10.1. The van der Waals surface area contributed by atoms with E-state index in [-0.39, 0.29) is 5.91 Å². The van der Waals surface area contributed by atoms with Gasteiger partial charge in [-0.05, 0) is 5.56 Å². The molecule has 0 saturated carbocycles. The maximum Gasteiger partial charge on any atom is 0.234 e. The first-order valence-electron chi connectivity index (χ1n) is 9.35. The molecule has 5 nitrogen and oxygen atoms in total. The van der Waals surface area contributed by atoms with Gasteiger partial charge in [-0.2, -0.15) is 11.8 Å². The van der Waals surface area contributed by atoms with Crippen molar-refractivity contribution in [3.05, 3.63) is 35.9 Å². The standard InChI is InChI=1S/C19H30N4OS/c24-19(20-16-18-4-2-1-3-5-18)17-23-10-8-21(9-11-23)6-7-22-12-14-25-15-13-22/h1-5H,6-17H2,(H,20,24). The number of hydrogen-bond acceptors (Lipinski definition) is 5. The molecule has 0 aliphatic carbocycles. The van der Waals surface area contributed by atoms with Gasteiger partial charge in [0.15, 0.2) is 0 Å². The molecule has 0 atom stereocenters. The maximum absolute atomic E-state index is 12.1. The first kappa shape index (κ1) is 18.7. The lowest BCUT2D eigenvalue weighted by Crippen LogP contribution is -2.51. The van der Waals surface area contributed by atoms with E-state index < -0.39 is 0 Å². The second-order valence-electron chi connectivity index (χ2n) is 6.83. The van der Waals surface area contributed by atoms with Crippen molar-refractivity contribution in [1.82, 2.24) is 20.0 Å². The Morgan fingerprint density at radius 3 is 2.16 bits per heavy atom. The minimum absolute atomic E-state index is 0.128. The number of nitrogens with one attached hydrogen (secondary N) is 1. The van der Waals surface area contributed by atoms with Crippen LogP contribution in [-0.2, 0) is 11.3 Å². The van der Waals surface area contributed by atoms with Crippen LogP contribution in [0.25, 0.3) is 0 Å². The quantitative estimate of drug-likeness (QED) is 0.783. The highest BCUT2D eigenvalue weighted by molar-refractivity contribution is 7.99. The molecule has 2 aliphatic rings. The van der Waals surface area contributed by atoms with E-state index in [0.717, 1.165) is 31.7 Å². The molecule has 3 rings (SSSR count). The highest BCUT2D eigenvalue weighted by atomic mass is 32.2. The van der Waals surface area contributed by atoms with E-state index in [1.807, 2.05) is 30.3 Å². The van der Waals surface area contributed by atoms with Crippen molar-refractivity contribution in [2.24, 2.45) is 0 Å². The third-order valence-corrected chi connectivity index (χ3v) is 5.94. The molecular weight excluding hydrogens is 332 g/mol. The number of rotatable bonds is 7. The van der Waals surface area contributed by atoms with Gasteiger partial charge in [0, 0.05) is 70.4 Å². The topological polar surface area (TPSA) is 38.8 Å². The normalized spacial score (nSPS) is 20.5. The van der Waals surface area contributed by atoms with Gasteiger partial charge in [0.25, 0.3) is 0 Å². The number of piperazine rings is 1. The summed E-state index contributed by atoms with van der Waals surface area (Å²) in [5.41, 5.74) is 1.15. The van der Waals surface area contributed by atoms with Gasteiger partial charge in [-0.15, -0.1) is 0 Å². The lowest BCUT2D eigenvalue weighted by atomic mass is 10.2. The molecular formula is C19H30N4OS. The van der Waals surface area contributed by atoms with Crippen molar-refractivity contribution in [2.45, 2.75) is 6.54 Å². The third-order valence-electron chi connectivity index (χ3n) is 5.00. The third kappa shape index (κ3) is 6.62. The molecule has 1 amide bonds. The van der Waals surface area contributed by atoms with Gasteiger partial charge in [0.05, 0.1) is 6.54 Å². The Balaban J connectivity index is 1.28. The summed E-state index contributed by atoms with van der Waals surface area (Å²) >= 11 is 2.07. The second kappa shape index (κ2) is 10.2. The van der Waals surface area contributed by atoms with Gasteiger partial charge < -0.3 is 10.2 Å². The van der Waals surface area contributed by atoms with Crippen molar-refractivity contribution in [3.63, 3.8) is 0 Å². The largest absolute Gasteiger partial charge is 0.351 e. The van der Waals surface area contributed by atoms with Crippen LogP contribution in [0.3, 0.4) is 0 Å². The van der Waals surface area contributed by atoms with E-state index >= 15 is 0 Å². The van der Waals surface area contributed by atoms with Crippen LogP contribution in [0.4, 0.5) is 0 Å². The zero-order chi connectivity index (χ0) is 17.3. The fourth-order valence-electron chi connectivity index (χ4n) is 3.33. The van der Waals surface area contributed by atoms with Crippen LogP contribution in [0.5, 0.6) is 0 Å². The predicted molar refractivity (Wildman–Crippen MR) is 105 cm³/mol. The van der Waals surface area contributed by atoms with Crippen LogP contribution in [0.15, 0.2) is 30.3 Å². The Labute approximate surface area is 155 Å². The molecule has 6 heteroatoms. The Hall–Kier alpha value is -1.08. The van der Waals surface area contributed by atoms with E-state index in [4.69, 9.17) is 0 Å². The van der Waals surface area contributed by atoms with Crippen LogP contribution in [0.1, 0.15) is 5.56 Å². The van der Waals surface area contributed by atoms with E-state index in [9.17, 15) is 4.79 Å². The van der Waals surface area contributed by atoms with Crippen molar-refractivity contribution in [1.29, 1.82) is 0 Å². The van der Waals surface area contributed by atoms with E-state index in [1.165, 1.54) is 37.7 Å². The summed E-state index contributed by atoms with van der Waals surface area (Å²) in [6, 6.07) is 10.1.